The molecule has 0 aromatic heterocycles. The van der Waals surface area contributed by atoms with Crippen LogP contribution in [0.15, 0.2) is 48.5 Å². The molecule has 42 heavy (non-hydrogen) atoms. The van der Waals surface area contributed by atoms with E-state index in [0.29, 0.717) is 0 Å². The molecule has 2 amide bonds. The van der Waals surface area contributed by atoms with E-state index in [9.17, 15) is 34.1 Å². The Balaban J connectivity index is 1.70. The van der Waals surface area contributed by atoms with Crippen LogP contribution < -0.4 is 4.74 Å². The Morgan fingerprint density at radius 3 is 1.98 bits per heavy atom. The highest BCUT2D eigenvalue weighted by molar-refractivity contribution is 6.21. The van der Waals surface area contributed by atoms with E-state index < -0.39 is 78.7 Å². The first-order valence-corrected chi connectivity index (χ1v) is 12.6. The number of carbonyl (C=O) groups is 5. The van der Waals surface area contributed by atoms with E-state index in [1.807, 2.05) is 0 Å². The zero-order chi connectivity index (χ0) is 30.6. The van der Waals surface area contributed by atoms with Gasteiger partial charge in [0.15, 0.2) is 25.3 Å². The van der Waals surface area contributed by atoms with Crippen molar-refractivity contribution in [3.05, 3.63) is 69.8 Å². The minimum absolute atomic E-state index is 0.0797. The van der Waals surface area contributed by atoms with E-state index in [4.69, 9.17) is 28.4 Å². The van der Waals surface area contributed by atoms with Crippen molar-refractivity contribution in [1.82, 2.24) is 4.90 Å². The first kappa shape index (κ1) is 30.1. The molecular weight excluding hydrogens is 560 g/mol. The molecule has 2 aliphatic rings. The fourth-order valence-electron chi connectivity index (χ4n) is 4.61. The predicted octanol–water partition coefficient (Wildman–Crippen LogP) is 1.76. The number of nitro groups is 1. The first-order chi connectivity index (χ1) is 20.0. The van der Waals surface area contributed by atoms with Gasteiger partial charge in [0.25, 0.3) is 17.5 Å². The molecule has 4 rings (SSSR count). The molecule has 15 nitrogen and oxygen atoms in total. The molecule has 0 radical (unpaired) electrons. The third kappa shape index (κ3) is 6.53. The Hall–Kier alpha value is -4.89. The molecule has 15 heteroatoms. The molecule has 2 aromatic carbocycles. The topological polar surface area (TPSA) is 187 Å². The molecule has 0 aliphatic carbocycles. The Morgan fingerprint density at radius 1 is 0.881 bits per heavy atom. The average molecular weight is 587 g/mol. The first-order valence-electron chi connectivity index (χ1n) is 12.6. The van der Waals surface area contributed by atoms with Crippen LogP contribution in [0.25, 0.3) is 0 Å². The molecule has 222 valence electrons. The van der Waals surface area contributed by atoms with Crippen molar-refractivity contribution in [2.24, 2.45) is 0 Å². The predicted molar refractivity (Wildman–Crippen MR) is 137 cm³/mol. The van der Waals surface area contributed by atoms with Crippen molar-refractivity contribution < 1.29 is 57.3 Å². The van der Waals surface area contributed by atoms with Crippen LogP contribution >= 0.6 is 0 Å². The Bertz CT molecular complexity index is 1360. The van der Waals surface area contributed by atoms with Crippen LogP contribution in [-0.2, 0) is 38.1 Å². The van der Waals surface area contributed by atoms with Gasteiger partial charge in [0.2, 0.25) is 0 Å². The van der Waals surface area contributed by atoms with Gasteiger partial charge in [-0.15, -0.1) is 0 Å². The molecular formula is C27H26N2O13. The summed E-state index contributed by atoms with van der Waals surface area (Å²) >= 11 is 0. The van der Waals surface area contributed by atoms with Gasteiger partial charge in [0.1, 0.15) is 24.5 Å². The zero-order valence-electron chi connectivity index (χ0n) is 22.6. The van der Waals surface area contributed by atoms with Gasteiger partial charge in [0, 0.05) is 32.9 Å². The van der Waals surface area contributed by atoms with E-state index in [1.54, 1.807) is 12.1 Å². The van der Waals surface area contributed by atoms with Crippen LogP contribution in [0.4, 0.5) is 5.69 Å². The second kappa shape index (κ2) is 12.7. The fourth-order valence-corrected chi connectivity index (χ4v) is 4.61. The van der Waals surface area contributed by atoms with Crippen LogP contribution in [0.3, 0.4) is 0 Å². The number of benzene rings is 2. The third-order valence-electron chi connectivity index (χ3n) is 6.30. The lowest BCUT2D eigenvalue weighted by Gasteiger charge is -2.46. The zero-order valence-corrected chi connectivity index (χ0v) is 22.6. The number of hydrogen-bond acceptors (Lipinski definition) is 13. The fraction of sp³-hybridized carbons (Fsp3) is 0.370. The summed E-state index contributed by atoms with van der Waals surface area (Å²) in [4.78, 5) is 74.0. The van der Waals surface area contributed by atoms with Gasteiger partial charge in [-0.1, -0.05) is 12.1 Å². The number of non-ortho nitro benzene ring substituents is 1. The van der Waals surface area contributed by atoms with Gasteiger partial charge in [-0.2, -0.15) is 0 Å². The number of imide groups is 1. The summed E-state index contributed by atoms with van der Waals surface area (Å²) in [7, 11) is 0. The van der Waals surface area contributed by atoms with Gasteiger partial charge < -0.3 is 28.4 Å². The number of hydrogen-bond donors (Lipinski definition) is 0. The standard InChI is InChI=1S/C27H26N2O13/c1-14(30)37-12-21-23(40-15(2)31)24(41-16(3)32)22(28-25(33)19-6-4-5-7-20(19)26(28)34)27(42-21)39-13-38-18-10-8-17(9-11-18)29(35)36/h4-11,21-24,27H,12-13H2,1-3H3/t21-,22-,23-,24-,27-/m1/s1. The summed E-state index contributed by atoms with van der Waals surface area (Å²) in [6.07, 6.45) is -5.78. The largest absolute Gasteiger partial charge is 0.467 e. The van der Waals surface area contributed by atoms with E-state index in [2.05, 4.69) is 0 Å². The number of rotatable bonds is 10. The highest BCUT2D eigenvalue weighted by Gasteiger charge is 2.57. The molecule has 2 heterocycles. The van der Waals surface area contributed by atoms with Crippen molar-refractivity contribution in [2.45, 2.75) is 51.4 Å². The summed E-state index contributed by atoms with van der Waals surface area (Å²) in [6.45, 7) is 2.27. The van der Waals surface area contributed by atoms with Crippen LogP contribution in [-0.4, -0.2) is 83.6 Å². The number of ether oxygens (including phenoxy) is 6. The van der Waals surface area contributed by atoms with E-state index in [0.717, 1.165) is 25.7 Å². The molecule has 0 bridgehead atoms. The second-order valence-corrected chi connectivity index (χ2v) is 9.19. The molecule has 0 spiro atoms. The quantitative estimate of drug-likeness (QED) is 0.0979. The van der Waals surface area contributed by atoms with Gasteiger partial charge in [-0.05, 0) is 24.3 Å². The van der Waals surface area contributed by atoms with Gasteiger partial charge in [0.05, 0.1) is 16.1 Å². The Labute approximate surface area is 238 Å². The molecule has 2 aliphatic heterocycles. The molecule has 1 fully saturated rings. The third-order valence-corrected chi connectivity index (χ3v) is 6.30. The SMILES string of the molecule is CC(=O)OC[C@H]1O[C@@H](OCOc2ccc([N+](=O)[O-])cc2)[C@H](N2C(=O)c3ccccc3C2=O)[C@@H](OC(C)=O)[C@@H]1OC(C)=O. The van der Waals surface area contributed by atoms with Gasteiger partial charge in [-0.25, -0.2) is 0 Å². The number of nitrogens with zero attached hydrogens (tertiary/aromatic N) is 2. The lowest BCUT2D eigenvalue weighted by molar-refractivity contribution is -0.384. The highest BCUT2D eigenvalue weighted by atomic mass is 16.8. The minimum Gasteiger partial charge on any atom is -0.467 e. The molecule has 2 aromatic rings. The second-order valence-electron chi connectivity index (χ2n) is 9.19. The van der Waals surface area contributed by atoms with E-state index in [1.165, 1.54) is 36.4 Å². The summed E-state index contributed by atoms with van der Waals surface area (Å²) in [5.41, 5.74) is -0.00863. The number of nitro benzene ring substituents is 1. The van der Waals surface area contributed by atoms with Crippen molar-refractivity contribution in [3.8, 4) is 5.75 Å². The molecule has 0 unspecified atom stereocenters. The maximum Gasteiger partial charge on any atom is 0.303 e. The summed E-state index contributed by atoms with van der Waals surface area (Å²) < 4.78 is 33.3. The van der Waals surface area contributed by atoms with Crippen LogP contribution in [0.5, 0.6) is 5.75 Å². The number of esters is 3. The van der Waals surface area contributed by atoms with Crippen LogP contribution in [0.2, 0.25) is 0 Å². The van der Waals surface area contributed by atoms with Crippen molar-refractivity contribution in [1.29, 1.82) is 0 Å². The van der Waals surface area contributed by atoms with E-state index in [-0.39, 0.29) is 22.6 Å². The normalized spacial score (nSPS) is 23.1. The van der Waals surface area contributed by atoms with Crippen molar-refractivity contribution >= 4 is 35.4 Å². The van der Waals surface area contributed by atoms with Crippen molar-refractivity contribution in [3.63, 3.8) is 0 Å². The summed E-state index contributed by atoms with van der Waals surface area (Å²) in [6, 6.07) is 9.60. The summed E-state index contributed by atoms with van der Waals surface area (Å²) in [5, 5.41) is 10.9. The molecule has 1 saturated heterocycles. The number of carbonyl (C=O) groups excluding carboxylic acids is 5. The maximum atomic E-state index is 13.5. The lowest BCUT2D eigenvalue weighted by atomic mass is 9.94. The van der Waals surface area contributed by atoms with Gasteiger partial charge in [-0.3, -0.25) is 39.0 Å². The van der Waals surface area contributed by atoms with Crippen molar-refractivity contribution in [2.75, 3.05) is 13.4 Å². The summed E-state index contributed by atoms with van der Waals surface area (Å²) in [5.74, 6) is -3.65. The number of amides is 2. The molecule has 5 atom stereocenters. The van der Waals surface area contributed by atoms with Gasteiger partial charge >= 0.3 is 17.9 Å². The monoisotopic (exact) mass is 586 g/mol. The maximum absolute atomic E-state index is 13.5. The molecule has 0 saturated carbocycles. The highest BCUT2D eigenvalue weighted by Crippen LogP contribution is 2.35. The Morgan fingerprint density at radius 2 is 1.45 bits per heavy atom. The van der Waals surface area contributed by atoms with E-state index >= 15 is 0 Å². The number of fused-ring (bicyclic) bond motifs is 1. The molecule has 0 N–H and O–H groups in total. The van der Waals surface area contributed by atoms with Crippen LogP contribution in [0.1, 0.15) is 41.5 Å². The Kier molecular flexibility index (Phi) is 9.12. The smallest absolute Gasteiger partial charge is 0.303 e. The minimum atomic E-state index is -1.55. The average Bonchev–Trinajstić information content (AvgIpc) is 3.18. The lowest BCUT2D eigenvalue weighted by Crippen LogP contribution is -2.67. The van der Waals surface area contributed by atoms with Crippen LogP contribution in [0, 0.1) is 10.1 Å².